The lowest BCUT2D eigenvalue weighted by molar-refractivity contribution is -0.142. The molecule has 1 fully saturated rings. The Morgan fingerprint density at radius 3 is 2.46 bits per heavy atom. The van der Waals surface area contributed by atoms with E-state index in [1.807, 2.05) is 33.9 Å². The van der Waals surface area contributed by atoms with Crippen LogP contribution < -0.4 is 11.2 Å². The lowest BCUT2D eigenvalue weighted by atomic mass is 10.2. The summed E-state index contributed by atoms with van der Waals surface area (Å²) in [5.74, 6) is 0. The summed E-state index contributed by atoms with van der Waals surface area (Å²) < 4.78 is 13.0. The molecule has 1 aliphatic rings. The first-order valence-electron chi connectivity index (χ1n) is 7.55. The maximum atomic E-state index is 12.1. The highest BCUT2D eigenvalue weighted by Crippen LogP contribution is 2.41. The van der Waals surface area contributed by atoms with Crippen molar-refractivity contribution in [2.24, 2.45) is 0 Å². The standard InChI is InChI=1S/C14H23IN2O6Si/c1-14(2,3)24(4,5)23-9-8(18)12(20)22-11(9)17-6-7(15)10(19)16-13(17)21/h6,8-9,11-12,18,20H,1-5H3,(H,16,19,21)/t8-,9?,11-,12+/m1/s1. The number of aromatic amines is 1. The Kier molecular flexibility index (Phi) is 5.48. The molecule has 1 aromatic rings. The molecule has 0 bridgehead atoms. The molecule has 1 aliphatic heterocycles. The summed E-state index contributed by atoms with van der Waals surface area (Å²) in [4.78, 5) is 25.8. The lowest BCUT2D eigenvalue weighted by Gasteiger charge is -2.40. The highest BCUT2D eigenvalue weighted by molar-refractivity contribution is 14.1. The van der Waals surface area contributed by atoms with Gasteiger partial charge in [-0.05, 0) is 40.7 Å². The van der Waals surface area contributed by atoms with E-state index < -0.39 is 44.3 Å². The Labute approximate surface area is 154 Å². The second-order valence-electron chi connectivity index (χ2n) is 7.39. The van der Waals surface area contributed by atoms with Crippen LogP contribution in [0.1, 0.15) is 27.0 Å². The molecule has 0 saturated carbocycles. The van der Waals surface area contributed by atoms with Crippen LogP contribution in [0, 0.1) is 3.57 Å². The number of nitrogens with zero attached hydrogens (tertiary/aromatic N) is 1. The number of aliphatic hydroxyl groups is 2. The molecule has 0 radical (unpaired) electrons. The van der Waals surface area contributed by atoms with Crippen molar-refractivity contribution in [1.82, 2.24) is 9.55 Å². The molecule has 0 aliphatic carbocycles. The van der Waals surface area contributed by atoms with Gasteiger partial charge in [-0.2, -0.15) is 0 Å². The number of H-pyrrole nitrogens is 1. The third-order valence-electron chi connectivity index (χ3n) is 4.62. The van der Waals surface area contributed by atoms with E-state index in [2.05, 4.69) is 4.98 Å². The Hall–Kier alpha value is -0.533. The number of rotatable bonds is 3. The van der Waals surface area contributed by atoms with Gasteiger partial charge in [-0.1, -0.05) is 20.8 Å². The molecule has 3 N–H and O–H groups in total. The second kappa shape index (κ2) is 6.65. The summed E-state index contributed by atoms with van der Waals surface area (Å²) in [6.07, 6.45) is -3.37. The van der Waals surface area contributed by atoms with Crippen LogP contribution in [0.5, 0.6) is 0 Å². The van der Waals surface area contributed by atoms with Crippen LogP contribution in [0.2, 0.25) is 18.1 Å². The van der Waals surface area contributed by atoms with Gasteiger partial charge in [-0.15, -0.1) is 0 Å². The van der Waals surface area contributed by atoms with Gasteiger partial charge in [0.15, 0.2) is 20.8 Å². The molecule has 24 heavy (non-hydrogen) atoms. The minimum atomic E-state index is -2.30. The van der Waals surface area contributed by atoms with Gasteiger partial charge in [0.25, 0.3) is 5.56 Å². The minimum absolute atomic E-state index is 0.130. The summed E-state index contributed by atoms with van der Waals surface area (Å²) >= 11 is 1.80. The van der Waals surface area contributed by atoms with Gasteiger partial charge in [0.2, 0.25) is 0 Å². The van der Waals surface area contributed by atoms with E-state index in [9.17, 15) is 19.8 Å². The SMILES string of the molecule is CC(C)(C)[Si](C)(C)OC1[C@@H](O)[C@@H](O)O[C@H]1n1cc(I)c(=O)[nH]c1=O. The third kappa shape index (κ3) is 3.67. The molecule has 0 amide bonds. The number of halogens is 1. The van der Waals surface area contributed by atoms with Crippen LogP contribution in [0.15, 0.2) is 15.8 Å². The van der Waals surface area contributed by atoms with Crippen LogP contribution in [0.3, 0.4) is 0 Å². The Morgan fingerprint density at radius 1 is 1.33 bits per heavy atom. The number of hydrogen-bond donors (Lipinski definition) is 3. The molecule has 1 aromatic heterocycles. The van der Waals surface area contributed by atoms with Crippen LogP contribution in [-0.4, -0.2) is 46.6 Å². The Balaban J connectivity index is 2.44. The monoisotopic (exact) mass is 470 g/mol. The molecular formula is C14H23IN2O6Si. The van der Waals surface area contributed by atoms with E-state index in [0.717, 1.165) is 4.57 Å². The van der Waals surface area contributed by atoms with Gasteiger partial charge < -0.3 is 19.4 Å². The normalized spacial score (nSPS) is 28.3. The molecule has 0 aromatic carbocycles. The Morgan fingerprint density at radius 2 is 1.92 bits per heavy atom. The fourth-order valence-electron chi connectivity index (χ4n) is 2.15. The molecule has 1 unspecified atom stereocenters. The zero-order chi connectivity index (χ0) is 18.4. The molecular weight excluding hydrogens is 447 g/mol. The smallest absolute Gasteiger partial charge is 0.330 e. The van der Waals surface area contributed by atoms with Crippen LogP contribution in [0.25, 0.3) is 0 Å². The van der Waals surface area contributed by atoms with E-state index in [1.165, 1.54) is 6.20 Å². The predicted molar refractivity (Wildman–Crippen MR) is 98.2 cm³/mol. The molecule has 4 atom stereocenters. The highest BCUT2D eigenvalue weighted by Gasteiger charge is 2.50. The number of ether oxygens (including phenoxy) is 1. The third-order valence-corrected chi connectivity index (χ3v) is 9.87. The van der Waals surface area contributed by atoms with Crippen molar-refractivity contribution >= 4 is 30.9 Å². The molecule has 0 spiro atoms. The zero-order valence-corrected chi connectivity index (χ0v) is 17.4. The zero-order valence-electron chi connectivity index (χ0n) is 14.2. The molecule has 1 saturated heterocycles. The lowest BCUT2D eigenvalue weighted by Crippen LogP contribution is -2.49. The summed E-state index contributed by atoms with van der Waals surface area (Å²) in [6.45, 7) is 10.1. The number of hydrogen-bond acceptors (Lipinski definition) is 6. The summed E-state index contributed by atoms with van der Waals surface area (Å²) in [6, 6.07) is 0. The first kappa shape index (κ1) is 19.8. The summed E-state index contributed by atoms with van der Waals surface area (Å²) in [5.41, 5.74) is -1.19. The van der Waals surface area contributed by atoms with Gasteiger partial charge in [-0.3, -0.25) is 14.3 Å². The van der Waals surface area contributed by atoms with E-state index in [1.54, 1.807) is 22.6 Å². The maximum Gasteiger partial charge on any atom is 0.330 e. The van der Waals surface area contributed by atoms with Crippen molar-refractivity contribution in [2.45, 2.75) is 63.6 Å². The quantitative estimate of drug-likeness (QED) is 0.444. The van der Waals surface area contributed by atoms with Crippen molar-refractivity contribution in [3.63, 3.8) is 0 Å². The minimum Gasteiger partial charge on any atom is -0.406 e. The van der Waals surface area contributed by atoms with E-state index in [-0.39, 0.29) is 8.61 Å². The van der Waals surface area contributed by atoms with Crippen molar-refractivity contribution in [2.75, 3.05) is 0 Å². The van der Waals surface area contributed by atoms with Crippen LogP contribution in [-0.2, 0) is 9.16 Å². The molecule has 10 heteroatoms. The molecule has 2 rings (SSSR count). The van der Waals surface area contributed by atoms with Gasteiger partial charge in [0.05, 0.1) is 3.57 Å². The summed E-state index contributed by atoms with van der Waals surface area (Å²) in [7, 11) is -2.30. The number of aliphatic hydroxyl groups excluding tert-OH is 2. The second-order valence-corrected chi connectivity index (χ2v) is 13.3. The summed E-state index contributed by atoms with van der Waals surface area (Å²) in [5, 5.41) is 20.0. The first-order valence-corrected chi connectivity index (χ1v) is 11.5. The average molecular weight is 470 g/mol. The van der Waals surface area contributed by atoms with Gasteiger partial charge in [0.1, 0.15) is 12.2 Å². The molecule has 136 valence electrons. The van der Waals surface area contributed by atoms with E-state index in [0.29, 0.717) is 0 Å². The van der Waals surface area contributed by atoms with Gasteiger partial charge in [-0.25, -0.2) is 4.79 Å². The maximum absolute atomic E-state index is 12.1. The van der Waals surface area contributed by atoms with E-state index >= 15 is 0 Å². The number of aromatic nitrogens is 2. The highest BCUT2D eigenvalue weighted by atomic mass is 127. The van der Waals surface area contributed by atoms with E-state index in [4.69, 9.17) is 9.16 Å². The predicted octanol–water partition coefficient (Wildman–Crippen LogP) is 0.740. The fraction of sp³-hybridized carbons (Fsp3) is 0.714. The van der Waals surface area contributed by atoms with Crippen molar-refractivity contribution in [1.29, 1.82) is 0 Å². The molecule has 8 nitrogen and oxygen atoms in total. The van der Waals surface area contributed by atoms with Crippen molar-refractivity contribution in [3.8, 4) is 0 Å². The van der Waals surface area contributed by atoms with Crippen LogP contribution >= 0.6 is 22.6 Å². The van der Waals surface area contributed by atoms with Gasteiger partial charge >= 0.3 is 5.69 Å². The van der Waals surface area contributed by atoms with Gasteiger partial charge in [0, 0.05) is 6.20 Å². The number of nitrogens with one attached hydrogen (secondary N) is 1. The Bertz CT molecular complexity index is 725. The largest absolute Gasteiger partial charge is 0.406 e. The van der Waals surface area contributed by atoms with Crippen molar-refractivity contribution in [3.05, 3.63) is 30.6 Å². The van der Waals surface area contributed by atoms with Crippen molar-refractivity contribution < 1.29 is 19.4 Å². The van der Waals surface area contributed by atoms with Crippen LogP contribution in [0.4, 0.5) is 0 Å². The first-order chi connectivity index (χ1) is 10.8. The topological polar surface area (TPSA) is 114 Å². The average Bonchev–Trinajstić information content (AvgIpc) is 2.69. The molecule has 2 heterocycles. The fourth-order valence-corrected chi connectivity index (χ4v) is 3.87.